The molecule has 0 amide bonds. The maximum absolute atomic E-state index is 13.4. The van der Waals surface area contributed by atoms with E-state index in [-0.39, 0.29) is 5.56 Å². The van der Waals surface area contributed by atoms with E-state index in [1.807, 2.05) is 0 Å². The maximum Gasteiger partial charge on any atom is 0.164 e. The molecular weight excluding hydrogens is 345 g/mol. The van der Waals surface area contributed by atoms with Crippen LogP contribution in [-0.4, -0.2) is 5.11 Å². The van der Waals surface area contributed by atoms with Crippen molar-refractivity contribution in [3.05, 3.63) is 55.3 Å². The van der Waals surface area contributed by atoms with E-state index in [1.54, 1.807) is 11.4 Å². The van der Waals surface area contributed by atoms with Gasteiger partial charge in [-0.25, -0.2) is 8.78 Å². The molecule has 0 spiro atoms. The fourth-order valence-electron chi connectivity index (χ4n) is 1.38. The molecule has 0 bridgehead atoms. The quantitative estimate of drug-likeness (QED) is 0.817. The Hall–Kier alpha value is -0.530. The Bertz CT molecular complexity index is 512. The zero-order valence-electron chi connectivity index (χ0n) is 7.95. The Labute approximate surface area is 109 Å². The molecule has 0 saturated carbocycles. The lowest BCUT2D eigenvalue weighted by atomic mass is 10.0. The minimum atomic E-state index is -1.12. The monoisotopic (exact) mass is 352 g/mol. The zero-order chi connectivity index (χ0) is 11.7. The molecule has 0 aliphatic carbocycles. The normalized spacial score (nSPS) is 12.8. The van der Waals surface area contributed by atoms with Crippen molar-refractivity contribution < 1.29 is 13.9 Å². The summed E-state index contributed by atoms with van der Waals surface area (Å²) >= 11 is 3.56. The fourth-order valence-corrected chi connectivity index (χ4v) is 2.77. The highest BCUT2D eigenvalue weighted by Crippen LogP contribution is 2.29. The van der Waals surface area contributed by atoms with Crippen LogP contribution in [-0.2, 0) is 0 Å². The Balaban J connectivity index is 2.41. The van der Waals surface area contributed by atoms with Gasteiger partial charge in [0.15, 0.2) is 11.6 Å². The lowest BCUT2D eigenvalue weighted by molar-refractivity contribution is 0.214. The van der Waals surface area contributed by atoms with Gasteiger partial charge in [0.05, 0.1) is 2.88 Å². The van der Waals surface area contributed by atoms with E-state index in [0.29, 0.717) is 5.56 Å². The predicted octanol–water partition coefficient (Wildman–Crippen LogP) is 3.71. The van der Waals surface area contributed by atoms with Gasteiger partial charge in [0, 0.05) is 5.56 Å². The van der Waals surface area contributed by atoms with Crippen molar-refractivity contribution in [1.82, 2.24) is 0 Å². The standard InChI is InChI=1S/C11H7F2IOS/c12-8-3-1-2-7(10(8)13)11(15)6-4-9(14)16-5-6/h1-5,11,15H. The molecule has 1 aromatic heterocycles. The number of aliphatic hydroxyl groups is 1. The number of aliphatic hydroxyl groups excluding tert-OH is 1. The summed E-state index contributed by atoms with van der Waals surface area (Å²) in [6.45, 7) is 0. The fraction of sp³-hybridized carbons (Fsp3) is 0.0909. The van der Waals surface area contributed by atoms with Crippen LogP contribution in [0.15, 0.2) is 29.6 Å². The Kier molecular flexibility index (Phi) is 3.56. The van der Waals surface area contributed by atoms with Gasteiger partial charge in [-0.2, -0.15) is 0 Å². The summed E-state index contributed by atoms with van der Waals surface area (Å²) in [5.41, 5.74) is 0.549. The summed E-state index contributed by atoms with van der Waals surface area (Å²) in [7, 11) is 0. The van der Waals surface area contributed by atoms with Crippen molar-refractivity contribution >= 4 is 33.9 Å². The highest BCUT2D eigenvalue weighted by Gasteiger charge is 2.18. The minimum Gasteiger partial charge on any atom is -0.384 e. The Morgan fingerprint density at radius 1 is 1.31 bits per heavy atom. The van der Waals surface area contributed by atoms with Crippen molar-refractivity contribution in [2.75, 3.05) is 0 Å². The second-order valence-electron chi connectivity index (χ2n) is 3.23. The largest absolute Gasteiger partial charge is 0.384 e. The number of hydrogen-bond donors (Lipinski definition) is 1. The molecule has 84 valence electrons. The van der Waals surface area contributed by atoms with Crippen LogP contribution in [0.4, 0.5) is 8.78 Å². The van der Waals surface area contributed by atoms with E-state index in [2.05, 4.69) is 22.6 Å². The highest BCUT2D eigenvalue weighted by atomic mass is 127. The molecule has 1 atom stereocenters. The third-order valence-corrected chi connectivity index (χ3v) is 3.99. The smallest absolute Gasteiger partial charge is 0.164 e. The number of hydrogen-bond acceptors (Lipinski definition) is 2. The second kappa shape index (κ2) is 4.77. The molecule has 1 unspecified atom stereocenters. The van der Waals surface area contributed by atoms with Crippen LogP contribution in [0.5, 0.6) is 0 Å². The van der Waals surface area contributed by atoms with Crippen molar-refractivity contribution in [1.29, 1.82) is 0 Å². The molecule has 1 N–H and O–H groups in total. The average molecular weight is 352 g/mol. The van der Waals surface area contributed by atoms with Crippen molar-refractivity contribution in [3.63, 3.8) is 0 Å². The topological polar surface area (TPSA) is 20.2 Å². The maximum atomic E-state index is 13.4. The van der Waals surface area contributed by atoms with Crippen LogP contribution in [0, 0.1) is 14.5 Å². The molecule has 0 aliphatic heterocycles. The number of halogens is 3. The summed E-state index contributed by atoms with van der Waals surface area (Å²) in [6.07, 6.45) is -1.12. The SMILES string of the molecule is OC(c1csc(I)c1)c1cccc(F)c1F. The molecule has 0 fully saturated rings. The average Bonchev–Trinajstić information content (AvgIpc) is 2.68. The number of thiophene rings is 1. The summed E-state index contributed by atoms with van der Waals surface area (Å²) in [5, 5.41) is 11.6. The van der Waals surface area contributed by atoms with E-state index in [0.717, 1.165) is 8.95 Å². The molecule has 2 rings (SSSR count). The van der Waals surface area contributed by atoms with Crippen molar-refractivity contribution in [2.45, 2.75) is 6.10 Å². The minimum absolute atomic E-state index is 0.0331. The molecule has 1 aromatic carbocycles. The van der Waals surface area contributed by atoms with Crippen LogP contribution in [0.25, 0.3) is 0 Å². The molecule has 1 nitrogen and oxygen atoms in total. The van der Waals surface area contributed by atoms with Gasteiger partial charge in [-0.3, -0.25) is 0 Å². The lowest BCUT2D eigenvalue weighted by Crippen LogP contribution is -2.02. The van der Waals surface area contributed by atoms with E-state index < -0.39 is 17.7 Å². The van der Waals surface area contributed by atoms with Gasteiger partial charge in [-0.15, -0.1) is 11.3 Å². The van der Waals surface area contributed by atoms with Gasteiger partial charge < -0.3 is 5.11 Å². The number of rotatable bonds is 2. The first kappa shape index (κ1) is 11.9. The van der Waals surface area contributed by atoms with Gasteiger partial charge in [0.1, 0.15) is 6.10 Å². The molecule has 0 aliphatic rings. The third kappa shape index (κ3) is 2.26. The van der Waals surface area contributed by atoms with Crippen molar-refractivity contribution in [3.8, 4) is 0 Å². The van der Waals surface area contributed by atoms with E-state index in [1.165, 1.54) is 23.5 Å². The predicted molar refractivity (Wildman–Crippen MR) is 67.5 cm³/mol. The third-order valence-electron chi connectivity index (χ3n) is 2.18. The molecule has 0 radical (unpaired) electrons. The van der Waals surface area contributed by atoms with Gasteiger partial charge in [0.25, 0.3) is 0 Å². The summed E-state index contributed by atoms with van der Waals surface area (Å²) in [4.78, 5) is 0. The van der Waals surface area contributed by atoms with E-state index >= 15 is 0 Å². The summed E-state index contributed by atoms with van der Waals surface area (Å²) < 4.78 is 27.4. The van der Waals surface area contributed by atoms with Crippen LogP contribution in [0.2, 0.25) is 0 Å². The molecule has 1 heterocycles. The van der Waals surface area contributed by atoms with E-state index in [4.69, 9.17) is 0 Å². The Morgan fingerprint density at radius 3 is 2.69 bits per heavy atom. The van der Waals surface area contributed by atoms with Gasteiger partial charge in [0.2, 0.25) is 0 Å². The summed E-state index contributed by atoms with van der Waals surface area (Å²) in [6, 6.07) is 5.55. The van der Waals surface area contributed by atoms with Crippen LogP contribution in [0.1, 0.15) is 17.2 Å². The van der Waals surface area contributed by atoms with Crippen molar-refractivity contribution in [2.24, 2.45) is 0 Å². The number of benzene rings is 1. The van der Waals surface area contributed by atoms with Gasteiger partial charge in [-0.05, 0) is 45.7 Å². The Morgan fingerprint density at radius 2 is 2.06 bits per heavy atom. The molecular formula is C11H7F2IOS. The van der Waals surface area contributed by atoms with Crippen LogP contribution in [0.3, 0.4) is 0 Å². The van der Waals surface area contributed by atoms with Crippen LogP contribution < -0.4 is 0 Å². The molecule has 0 saturated heterocycles. The van der Waals surface area contributed by atoms with Crippen LogP contribution >= 0.6 is 33.9 Å². The first-order valence-electron chi connectivity index (χ1n) is 4.45. The highest BCUT2D eigenvalue weighted by molar-refractivity contribution is 14.1. The van der Waals surface area contributed by atoms with E-state index in [9.17, 15) is 13.9 Å². The molecule has 16 heavy (non-hydrogen) atoms. The van der Waals surface area contributed by atoms with Gasteiger partial charge >= 0.3 is 0 Å². The lowest BCUT2D eigenvalue weighted by Gasteiger charge is -2.10. The summed E-state index contributed by atoms with van der Waals surface area (Å²) in [5.74, 6) is -1.93. The first-order chi connectivity index (χ1) is 7.59. The zero-order valence-corrected chi connectivity index (χ0v) is 10.9. The first-order valence-corrected chi connectivity index (χ1v) is 6.41. The molecule has 2 aromatic rings. The second-order valence-corrected chi connectivity index (χ2v) is 6.04. The molecule has 5 heteroatoms. The van der Waals surface area contributed by atoms with Gasteiger partial charge in [-0.1, -0.05) is 12.1 Å².